The molecule has 1 amide bonds. The Balaban J connectivity index is 2.76. The number of halogens is 1. The fraction of sp³-hybridized carbons (Fsp3) is 0.467. The van der Waals surface area contributed by atoms with E-state index in [1.54, 1.807) is 19.1 Å². The van der Waals surface area contributed by atoms with Crippen molar-refractivity contribution >= 4 is 39.0 Å². The third kappa shape index (κ3) is 5.63. The summed E-state index contributed by atoms with van der Waals surface area (Å²) in [6, 6.07) is 5.48. The van der Waals surface area contributed by atoms with E-state index in [1.807, 2.05) is 13.0 Å². The van der Waals surface area contributed by atoms with Gasteiger partial charge in [0, 0.05) is 10.5 Å². The zero-order valence-electron chi connectivity index (χ0n) is 12.5. The first kappa shape index (κ1) is 17.9. The molecule has 0 heterocycles. The number of carbonyl (C=O) groups is 1. The van der Waals surface area contributed by atoms with E-state index in [2.05, 4.69) is 28.2 Å². The smallest absolute Gasteiger partial charge is 0.260 e. The van der Waals surface area contributed by atoms with E-state index in [4.69, 9.17) is 22.7 Å². The third-order valence-corrected chi connectivity index (χ3v) is 3.70. The van der Waals surface area contributed by atoms with Gasteiger partial charge in [0.05, 0.1) is 5.56 Å². The van der Waals surface area contributed by atoms with Gasteiger partial charge in [-0.05, 0) is 38.5 Å². The van der Waals surface area contributed by atoms with Gasteiger partial charge in [0.1, 0.15) is 10.7 Å². The van der Waals surface area contributed by atoms with Gasteiger partial charge in [-0.3, -0.25) is 4.79 Å². The minimum absolute atomic E-state index is 0.133. The highest BCUT2D eigenvalue weighted by Gasteiger charge is 2.18. The number of amides is 1. The predicted molar refractivity (Wildman–Crippen MR) is 92.6 cm³/mol. The maximum Gasteiger partial charge on any atom is 0.260 e. The van der Waals surface area contributed by atoms with Gasteiger partial charge in [-0.2, -0.15) is 0 Å². The Labute approximate surface area is 139 Å². The Hall–Kier alpha value is -1.14. The zero-order chi connectivity index (χ0) is 16.0. The molecule has 0 aromatic heterocycles. The van der Waals surface area contributed by atoms with Crippen LogP contribution in [0.5, 0.6) is 5.75 Å². The molecular formula is C15H21BrN2O2S. The Bertz CT molecular complexity index is 522. The third-order valence-electron chi connectivity index (χ3n) is 2.99. The van der Waals surface area contributed by atoms with E-state index < -0.39 is 6.10 Å². The predicted octanol–water partition coefficient (Wildman–Crippen LogP) is 3.16. The van der Waals surface area contributed by atoms with Gasteiger partial charge in [0.25, 0.3) is 5.91 Å². The quantitative estimate of drug-likeness (QED) is 0.721. The highest BCUT2D eigenvalue weighted by molar-refractivity contribution is 9.10. The van der Waals surface area contributed by atoms with E-state index in [-0.39, 0.29) is 16.9 Å². The van der Waals surface area contributed by atoms with Crippen molar-refractivity contribution in [3.8, 4) is 5.75 Å². The fourth-order valence-electron chi connectivity index (χ4n) is 1.91. The van der Waals surface area contributed by atoms with Crippen molar-refractivity contribution in [1.29, 1.82) is 0 Å². The van der Waals surface area contributed by atoms with Crippen LogP contribution in [0.4, 0.5) is 0 Å². The number of nitrogens with one attached hydrogen (secondary N) is 1. The number of thiocarbonyl (C=S) groups is 1. The molecule has 0 aliphatic heterocycles. The maximum atomic E-state index is 12.1. The number of rotatable bonds is 7. The lowest BCUT2D eigenvalue weighted by molar-refractivity contribution is -0.127. The highest BCUT2D eigenvalue weighted by Crippen LogP contribution is 2.24. The van der Waals surface area contributed by atoms with E-state index >= 15 is 0 Å². The summed E-state index contributed by atoms with van der Waals surface area (Å²) in [6.45, 7) is 5.77. The Morgan fingerprint density at radius 2 is 2.14 bits per heavy atom. The van der Waals surface area contributed by atoms with Gasteiger partial charge in [-0.15, -0.1) is 0 Å². The molecule has 0 spiro atoms. The standard InChI is InChI=1S/C15H21BrN2O2S/c1-4-5-9(2)18-15(19)10(3)20-13-7-6-11(16)8-12(13)14(17)21/h6-10H,4-5H2,1-3H3,(H2,17,21)(H,18,19). The number of nitrogens with two attached hydrogens (primary N) is 1. The van der Waals surface area contributed by atoms with Gasteiger partial charge in [0.15, 0.2) is 6.10 Å². The molecule has 2 atom stereocenters. The van der Waals surface area contributed by atoms with Crippen LogP contribution in [0.3, 0.4) is 0 Å². The van der Waals surface area contributed by atoms with Crippen LogP contribution in [0, 0.1) is 0 Å². The van der Waals surface area contributed by atoms with Gasteiger partial charge in [-0.1, -0.05) is 41.5 Å². The van der Waals surface area contributed by atoms with Gasteiger partial charge < -0.3 is 15.8 Å². The topological polar surface area (TPSA) is 64.3 Å². The lowest BCUT2D eigenvalue weighted by atomic mass is 10.2. The van der Waals surface area contributed by atoms with Crippen molar-refractivity contribution < 1.29 is 9.53 Å². The van der Waals surface area contributed by atoms with Crippen molar-refractivity contribution in [3.63, 3.8) is 0 Å². The number of ether oxygens (including phenoxy) is 1. The number of benzene rings is 1. The Kier molecular flexibility index (Phi) is 7.11. The first-order valence-corrected chi connectivity index (χ1v) is 8.11. The van der Waals surface area contributed by atoms with Crippen LogP contribution in [0.2, 0.25) is 0 Å². The molecule has 2 unspecified atom stereocenters. The van der Waals surface area contributed by atoms with Crippen LogP contribution in [-0.2, 0) is 4.79 Å². The van der Waals surface area contributed by atoms with Crippen molar-refractivity contribution in [2.24, 2.45) is 5.73 Å². The van der Waals surface area contributed by atoms with Gasteiger partial charge >= 0.3 is 0 Å². The molecule has 1 aromatic rings. The average molecular weight is 373 g/mol. The van der Waals surface area contributed by atoms with Crippen molar-refractivity contribution in [1.82, 2.24) is 5.32 Å². The van der Waals surface area contributed by atoms with Crippen LogP contribution in [0.1, 0.15) is 39.2 Å². The normalized spacial score (nSPS) is 13.3. The monoisotopic (exact) mass is 372 g/mol. The summed E-state index contributed by atoms with van der Waals surface area (Å²) in [5.74, 6) is 0.365. The van der Waals surface area contributed by atoms with E-state index in [1.165, 1.54) is 0 Å². The molecule has 1 aromatic carbocycles. The number of carbonyl (C=O) groups excluding carboxylic acids is 1. The second kappa shape index (κ2) is 8.34. The summed E-state index contributed by atoms with van der Waals surface area (Å²) in [7, 11) is 0. The molecule has 3 N–H and O–H groups in total. The van der Waals surface area contributed by atoms with Crippen molar-refractivity contribution in [2.45, 2.75) is 45.8 Å². The molecule has 0 saturated heterocycles. The summed E-state index contributed by atoms with van der Waals surface area (Å²) >= 11 is 8.37. The molecule has 0 radical (unpaired) electrons. The summed E-state index contributed by atoms with van der Waals surface area (Å²) in [5.41, 5.74) is 6.30. The van der Waals surface area contributed by atoms with Crippen molar-refractivity contribution in [3.05, 3.63) is 28.2 Å². The molecule has 21 heavy (non-hydrogen) atoms. The molecule has 4 nitrogen and oxygen atoms in total. The molecule has 0 fully saturated rings. The van der Waals surface area contributed by atoms with Gasteiger partial charge in [0.2, 0.25) is 0 Å². The van der Waals surface area contributed by atoms with E-state index in [0.29, 0.717) is 11.3 Å². The van der Waals surface area contributed by atoms with Crippen LogP contribution >= 0.6 is 28.1 Å². The average Bonchev–Trinajstić information content (AvgIpc) is 2.40. The summed E-state index contributed by atoms with van der Waals surface area (Å²) < 4.78 is 6.56. The number of hydrogen-bond donors (Lipinski definition) is 2. The molecule has 116 valence electrons. The lowest BCUT2D eigenvalue weighted by Crippen LogP contribution is -2.41. The summed E-state index contributed by atoms with van der Waals surface area (Å²) in [5, 5.41) is 2.92. The first-order chi connectivity index (χ1) is 9.85. The second-order valence-electron chi connectivity index (χ2n) is 4.96. The minimum atomic E-state index is -0.612. The fourth-order valence-corrected chi connectivity index (χ4v) is 2.43. The molecule has 1 rings (SSSR count). The Morgan fingerprint density at radius 1 is 1.48 bits per heavy atom. The first-order valence-electron chi connectivity index (χ1n) is 6.91. The zero-order valence-corrected chi connectivity index (χ0v) is 14.9. The van der Waals surface area contributed by atoms with Crippen LogP contribution in [0.25, 0.3) is 0 Å². The van der Waals surface area contributed by atoms with E-state index in [9.17, 15) is 4.79 Å². The summed E-state index contributed by atoms with van der Waals surface area (Å²) in [6.07, 6.45) is 1.35. The van der Waals surface area contributed by atoms with Crippen LogP contribution in [0.15, 0.2) is 22.7 Å². The molecule has 0 aliphatic rings. The Morgan fingerprint density at radius 3 is 2.71 bits per heavy atom. The largest absolute Gasteiger partial charge is 0.480 e. The minimum Gasteiger partial charge on any atom is -0.480 e. The van der Waals surface area contributed by atoms with Crippen LogP contribution < -0.4 is 15.8 Å². The van der Waals surface area contributed by atoms with Gasteiger partial charge in [-0.25, -0.2) is 0 Å². The molecule has 6 heteroatoms. The highest BCUT2D eigenvalue weighted by atomic mass is 79.9. The van der Waals surface area contributed by atoms with Crippen LogP contribution in [-0.4, -0.2) is 23.0 Å². The molecule has 0 aliphatic carbocycles. The second-order valence-corrected chi connectivity index (χ2v) is 6.32. The lowest BCUT2D eigenvalue weighted by Gasteiger charge is -2.19. The molecule has 0 saturated carbocycles. The molecule has 0 bridgehead atoms. The van der Waals surface area contributed by atoms with Crippen molar-refractivity contribution in [2.75, 3.05) is 0 Å². The number of hydrogen-bond acceptors (Lipinski definition) is 3. The maximum absolute atomic E-state index is 12.1. The SMILES string of the molecule is CCCC(C)NC(=O)C(C)Oc1ccc(Br)cc1C(N)=S. The van der Waals surface area contributed by atoms with E-state index in [0.717, 1.165) is 17.3 Å². The molecular weight excluding hydrogens is 352 g/mol. The summed E-state index contributed by atoms with van der Waals surface area (Å²) in [4.78, 5) is 12.3.